The van der Waals surface area contributed by atoms with Gasteiger partial charge in [0.2, 0.25) is 0 Å². The average molecular weight is 584 g/mol. The van der Waals surface area contributed by atoms with Crippen molar-refractivity contribution in [2.24, 2.45) is 39.4 Å². The van der Waals surface area contributed by atoms with Gasteiger partial charge in [-0.2, -0.15) is 0 Å². The van der Waals surface area contributed by atoms with Crippen LogP contribution < -0.4 is 5.32 Å². The first-order chi connectivity index (χ1) is 19.3. The molecule has 0 saturated heterocycles. The van der Waals surface area contributed by atoms with Crippen molar-refractivity contribution < 1.29 is 19.1 Å². The third kappa shape index (κ3) is 5.96. The van der Waals surface area contributed by atoms with Crippen molar-refractivity contribution in [3.63, 3.8) is 0 Å². The number of hydrogen-bond donors (Lipinski definition) is 1. The van der Waals surface area contributed by atoms with E-state index in [2.05, 4.69) is 66.8 Å². The summed E-state index contributed by atoms with van der Waals surface area (Å²) in [6.45, 7) is 24.7. The first-order valence-electron chi connectivity index (χ1n) is 16.9. The predicted octanol–water partition coefficient (Wildman–Crippen LogP) is 9.55. The Hall–Kier alpha value is -1.78. The third-order valence-corrected chi connectivity index (χ3v) is 12.7. The van der Waals surface area contributed by atoms with Crippen molar-refractivity contribution in [1.29, 1.82) is 0 Å². The number of allylic oxidation sites excluding steroid dienone is 4. The van der Waals surface area contributed by atoms with Crippen LogP contribution in [-0.4, -0.2) is 30.3 Å². The van der Waals surface area contributed by atoms with E-state index in [1.54, 1.807) is 5.57 Å². The molecule has 5 nitrogen and oxygen atoms in total. The van der Waals surface area contributed by atoms with Crippen molar-refractivity contribution in [3.05, 3.63) is 22.8 Å². The van der Waals surface area contributed by atoms with Gasteiger partial charge in [0, 0.05) is 5.41 Å². The average Bonchev–Trinajstić information content (AvgIpc) is 3.14. The van der Waals surface area contributed by atoms with Crippen LogP contribution in [0.3, 0.4) is 0 Å². The van der Waals surface area contributed by atoms with Crippen LogP contribution in [0.1, 0.15) is 140 Å². The number of carbonyl (C=O) groups excluding carboxylic acids is 2. The molecule has 4 aliphatic carbocycles. The molecule has 0 spiro atoms. The molecule has 0 aromatic carbocycles. The van der Waals surface area contributed by atoms with E-state index in [1.165, 1.54) is 56.9 Å². The third-order valence-electron chi connectivity index (χ3n) is 12.7. The molecule has 0 radical (unpaired) electrons. The number of hydrogen-bond acceptors (Lipinski definition) is 4. The molecule has 2 saturated carbocycles. The second-order valence-corrected chi connectivity index (χ2v) is 16.9. The van der Waals surface area contributed by atoms with Crippen LogP contribution in [0.2, 0.25) is 0 Å². The van der Waals surface area contributed by atoms with Gasteiger partial charge in [-0.15, -0.1) is 0 Å². The number of alkyl carbamates (subject to hydrolysis) is 1. The zero-order chi connectivity index (χ0) is 31.3. The molecule has 4 rings (SSSR count). The lowest BCUT2D eigenvalue weighted by molar-refractivity contribution is -0.168. The molecule has 7 atom stereocenters. The van der Waals surface area contributed by atoms with Crippen LogP contribution in [0.5, 0.6) is 0 Å². The van der Waals surface area contributed by atoms with Crippen LogP contribution in [0, 0.1) is 39.4 Å². The summed E-state index contributed by atoms with van der Waals surface area (Å²) in [6, 6.07) is 0. The minimum atomic E-state index is -0.602. The van der Waals surface area contributed by atoms with Crippen LogP contribution in [0.4, 0.5) is 4.79 Å². The van der Waals surface area contributed by atoms with Crippen molar-refractivity contribution in [3.8, 4) is 0 Å². The van der Waals surface area contributed by atoms with E-state index in [4.69, 9.17) is 9.47 Å². The molecule has 5 heteroatoms. The number of esters is 1. The lowest BCUT2D eigenvalue weighted by Gasteiger charge is -2.62. The smallest absolute Gasteiger partial charge is 0.408 e. The summed E-state index contributed by atoms with van der Waals surface area (Å²) in [7, 11) is 0. The summed E-state index contributed by atoms with van der Waals surface area (Å²) in [5.74, 6) is 1.65. The fourth-order valence-corrected chi connectivity index (χ4v) is 10.3. The Labute approximate surface area is 257 Å². The summed E-state index contributed by atoms with van der Waals surface area (Å²) in [5, 5.41) is 2.57. The second-order valence-electron chi connectivity index (χ2n) is 16.9. The minimum Gasteiger partial charge on any atom is -0.460 e. The van der Waals surface area contributed by atoms with Gasteiger partial charge in [0.1, 0.15) is 18.2 Å². The first kappa shape index (κ1) is 33.1. The molecule has 1 amide bonds. The number of fused-ring (bicyclic) bond motifs is 4. The number of carbonyl (C=O) groups is 2. The fraction of sp³-hybridized carbons (Fsp3) is 0.838. The predicted molar refractivity (Wildman–Crippen MR) is 171 cm³/mol. The van der Waals surface area contributed by atoms with Gasteiger partial charge >= 0.3 is 12.1 Å². The summed E-state index contributed by atoms with van der Waals surface area (Å²) >= 11 is 0. The van der Waals surface area contributed by atoms with Gasteiger partial charge < -0.3 is 14.8 Å². The molecule has 0 aromatic rings. The van der Waals surface area contributed by atoms with E-state index in [0.717, 1.165) is 24.7 Å². The molecule has 0 heterocycles. The minimum absolute atomic E-state index is 0.133. The Morgan fingerprint density at radius 2 is 1.67 bits per heavy atom. The number of rotatable bonds is 7. The molecule has 42 heavy (non-hydrogen) atoms. The van der Waals surface area contributed by atoms with Crippen LogP contribution >= 0.6 is 0 Å². The van der Waals surface area contributed by atoms with E-state index in [9.17, 15) is 9.59 Å². The van der Waals surface area contributed by atoms with Gasteiger partial charge in [0.05, 0.1) is 0 Å². The number of ether oxygens (including phenoxy) is 2. The Bertz CT molecular complexity index is 1110. The van der Waals surface area contributed by atoms with Gasteiger partial charge in [-0.3, -0.25) is 4.79 Å². The number of nitrogens with one attached hydrogen (secondary N) is 1. The van der Waals surface area contributed by atoms with E-state index < -0.39 is 11.7 Å². The second kappa shape index (κ2) is 11.6. The summed E-state index contributed by atoms with van der Waals surface area (Å²) in [6.07, 6.45) is 13.7. The zero-order valence-electron chi connectivity index (χ0n) is 28.8. The SMILES string of the molecule is CC(C)=CCC[C@@H](C)[C@H]1CC[C@@]2(C)C3=C(CC[C@]12C)[C@@]1(C)CC[C@H](OC(=O)CNC(=O)OC(C)(C)C)C(C)(C)C1CC3. The quantitative estimate of drug-likeness (QED) is 0.239. The maximum Gasteiger partial charge on any atom is 0.408 e. The van der Waals surface area contributed by atoms with E-state index >= 15 is 0 Å². The summed E-state index contributed by atoms with van der Waals surface area (Å²) in [4.78, 5) is 24.9. The first-order valence-corrected chi connectivity index (χ1v) is 16.9. The highest BCUT2D eigenvalue weighted by Crippen LogP contribution is 2.72. The van der Waals surface area contributed by atoms with E-state index in [0.29, 0.717) is 16.7 Å². The molecule has 0 aromatic heterocycles. The van der Waals surface area contributed by atoms with Crippen molar-refractivity contribution in [2.75, 3.05) is 6.54 Å². The standard InChI is InChI=1S/C37H61NO4/c1-24(2)13-12-14-25(3)26-17-21-37(11)28-15-16-29-34(7,8)30(41-31(39)23-38-32(40)42-33(4,5)6)19-20-35(29,9)27(28)18-22-36(26,37)10/h13,25-26,29-30H,12,14-23H2,1-11H3,(H,38,40)/t25-,26-,29?,30+,35-,36-,37+/m1/s1. The van der Waals surface area contributed by atoms with E-state index in [-0.39, 0.29) is 29.4 Å². The Balaban J connectivity index is 1.48. The monoisotopic (exact) mass is 583 g/mol. The Morgan fingerprint density at radius 3 is 2.31 bits per heavy atom. The maximum atomic E-state index is 12.8. The normalized spacial score (nSPS) is 36.2. The largest absolute Gasteiger partial charge is 0.460 e. The fourth-order valence-electron chi connectivity index (χ4n) is 10.3. The highest BCUT2D eigenvalue weighted by atomic mass is 16.6. The molecule has 238 valence electrons. The Kier molecular flexibility index (Phi) is 9.16. The van der Waals surface area contributed by atoms with Crippen molar-refractivity contribution in [1.82, 2.24) is 5.32 Å². The molecule has 2 fully saturated rings. The molecule has 4 aliphatic rings. The van der Waals surface area contributed by atoms with Crippen LogP contribution in [0.25, 0.3) is 0 Å². The molecular formula is C37H61NO4. The van der Waals surface area contributed by atoms with Crippen LogP contribution in [0.15, 0.2) is 22.8 Å². The molecular weight excluding hydrogens is 522 g/mol. The topological polar surface area (TPSA) is 64.6 Å². The lowest BCUT2D eigenvalue weighted by Crippen LogP contribution is -2.56. The maximum absolute atomic E-state index is 12.8. The van der Waals surface area contributed by atoms with Crippen molar-refractivity contribution >= 4 is 12.1 Å². The van der Waals surface area contributed by atoms with Crippen LogP contribution in [-0.2, 0) is 14.3 Å². The summed E-state index contributed by atoms with van der Waals surface area (Å²) in [5.41, 5.74) is 5.11. The molecule has 0 bridgehead atoms. The number of amides is 1. The van der Waals surface area contributed by atoms with E-state index in [1.807, 2.05) is 26.3 Å². The van der Waals surface area contributed by atoms with Gasteiger partial charge in [0.25, 0.3) is 0 Å². The van der Waals surface area contributed by atoms with Gasteiger partial charge in [-0.25, -0.2) is 4.79 Å². The highest BCUT2D eigenvalue weighted by molar-refractivity contribution is 5.78. The molecule has 0 aliphatic heterocycles. The highest BCUT2D eigenvalue weighted by Gasteiger charge is 2.63. The zero-order valence-corrected chi connectivity index (χ0v) is 28.8. The lowest BCUT2D eigenvalue weighted by atomic mass is 9.43. The summed E-state index contributed by atoms with van der Waals surface area (Å²) < 4.78 is 11.4. The molecule has 1 N–H and O–H groups in total. The Morgan fingerprint density at radius 1 is 0.976 bits per heavy atom. The molecule has 1 unspecified atom stereocenters. The van der Waals surface area contributed by atoms with Gasteiger partial charge in [-0.05, 0) is 133 Å². The van der Waals surface area contributed by atoms with Gasteiger partial charge in [-0.1, -0.05) is 64.3 Å². The van der Waals surface area contributed by atoms with Gasteiger partial charge in [0.15, 0.2) is 0 Å². The van der Waals surface area contributed by atoms with Crippen molar-refractivity contribution in [2.45, 2.75) is 152 Å².